The highest BCUT2D eigenvalue weighted by molar-refractivity contribution is 6.33. The van der Waals surface area contributed by atoms with Gasteiger partial charge in [0.15, 0.2) is 11.6 Å². The molecule has 3 heterocycles. The molecule has 3 aromatic rings. The van der Waals surface area contributed by atoms with E-state index in [1.54, 1.807) is 17.2 Å². The summed E-state index contributed by atoms with van der Waals surface area (Å²) < 4.78 is 19.2. The first-order chi connectivity index (χ1) is 13.6. The van der Waals surface area contributed by atoms with Crippen molar-refractivity contribution in [1.29, 1.82) is 0 Å². The third-order valence-corrected chi connectivity index (χ3v) is 4.82. The maximum atomic E-state index is 13.8. The van der Waals surface area contributed by atoms with Gasteiger partial charge >= 0.3 is 6.03 Å². The zero-order chi connectivity index (χ0) is 19.5. The quantitative estimate of drug-likeness (QED) is 0.720. The average molecular weight is 402 g/mol. The minimum absolute atomic E-state index is 0.00372. The molecule has 0 radical (unpaired) electrons. The highest BCUT2D eigenvalue weighted by atomic mass is 35.5. The van der Waals surface area contributed by atoms with Crippen molar-refractivity contribution >= 4 is 29.1 Å². The van der Waals surface area contributed by atoms with Crippen molar-refractivity contribution in [3.8, 4) is 11.5 Å². The van der Waals surface area contributed by atoms with Crippen molar-refractivity contribution in [2.45, 2.75) is 0 Å². The number of hydrogen-bond acceptors (Lipinski definition) is 5. The van der Waals surface area contributed by atoms with Crippen LogP contribution < -0.4 is 10.2 Å². The molecule has 2 aromatic heterocycles. The molecule has 0 atom stereocenters. The normalized spacial score (nSPS) is 14.2. The lowest BCUT2D eigenvalue weighted by Gasteiger charge is -2.35. The lowest BCUT2D eigenvalue weighted by Crippen LogP contribution is -2.50. The van der Waals surface area contributed by atoms with E-state index in [1.807, 2.05) is 23.1 Å². The van der Waals surface area contributed by atoms with Gasteiger partial charge in [-0.3, -0.25) is 0 Å². The van der Waals surface area contributed by atoms with E-state index >= 15 is 0 Å². The van der Waals surface area contributed by atoms with E-state index in [-0.39, 0.29) is 16.7 Å². The van der Waals surface area contributed by atoms with Crippen molar-refractivity contribution in [3.63, 3.8) is 0 Å². The lowest BCUT2D eigenvalue weighted by molar-refractivity contribution is 0.208. The maximum absolute atomic E-state index is 13.8. The van der Waals surface area contributed by atoms with E-state index in [9.17, 15) is 9.18 Å². The molecule has 0 aliphatic carbocycles. The van der Waals surface area contributed by atoms with Crippen molar-refractivity contribution in [2.75, 3.05) is 36.4 Å². The molecule has 2 amide bonds. The average Bonchev–Trinajstić information content (AvgIpc) is 3.26. The molecule has 0 bridgehead atoms. The second-order valence-electron chi connectivity index (χ2n) is 6.25. The number of para-hydroxylation sites is 1. The van der Waals surface area contributed by atoms with Gasteiger partial charge in [0.05, 0.1) is 17.0 Å². The van der Waals surface area contributed by atoms with E-state index in [1.165, 1.54) is 18.2 Å². The summed E-state index contributed by atoms with van der Waals surface area (Å²) >= 11 is 5.96. The fourth-order valence-corrected chi connectivity index (χ4v) is 3.20. The Morgan fingerprint density at radius 2 is 1.89 bits per heavy atom. The van der Waals surface area contributed by atoms with Crippen LogP contribution in [-0.2, 0) is 0 Å². The molecule has 144 valence electrons. The Morgan fingerprint density at radius 1 is 1.07 bits per heavy atom. The van der Waals surface area contributed by atoms with Crippen LogP contribution in [0, 0.1) is 5.82 Å². The number of nitrogens with one attached hydrogen (secondary N) is 1. The minimum Gasteiger partial charge on any atom is -0.463 e. The summed E-state index contributed by atoms with van der Waals surface area (Å²) in [5.74, 6) is 0.825. The van der Waals surface area contributed by atoms with Crippen LogP contribution in [0.4, 0.5) is 20.7 Å². The number of hydrogen-bond donors (Lipinski definition) is 1. The summed E-state index contributed by atoms with van der Waals surface area (Å²) in [6, 6.07) is 11.2. The van der Waals surface area contributed by atoms with Crippen molar-refractivity contribution in [2.24, 2.45) is 0 Å². The number of halogens is 2. The Bertz CT molecular complexity index is 937. The maximum Gasteiger partial charge on any atom is 0.322 e. The number of benzene rings is 1. The van der Waals surface area contributed by atoms with Crippen LogP contribution in [0.2, 0.25) is 5.02 Å². The number of furan rings is 1. The molecule has 7 nitrogen and oxygen atoms in total. The first-order valence-corrected chi connectivity index (χ1v) is 9.12. The number of rotatable bonds is 3. The molecule has 4 rings (SSSR count). The molecule has 1 fully saturated rings. The van der Waals surface area contributed by atoms with Gasteiger partial charge in [-0.25, -0.2) is 9.18 Å². The smallest absolute Gasteiger partial charge is 0.322 e. The molecule has 1 aromatic carbocycles. The van der Waals surface area contributed by atoms with Gasteiger partial charge in [0, 0.05) is 26.2 Å². The highest BCUT2D eigenvalue weighted by Crippen LogP contribution is 2.25. The molecular formula is C19H17ClFN5O2. The number of aromatic nitrogens is 2. The molecule has 9 heteroatoms. The van der Waals surface area contributed by atoms with E-state index in [0.29, 0.717) is 37.6 Å². The van der Waals surface area contributed by atoms with Gasteiger partial charge < -0.3 is 19.5 Å². The first-order valence-electron chi connectivity index (χ1n) is 8.74. The Balaban J connectivity index is 1.36. The van der Waals surface area contributed by atoms with Crippen molar-refractivity contribution in [1.82, 2.24) is 15.1 Å². The zero-order valence-electron chi connectivity index (χ0n) is 14.8. The Labute approximate surface area is 165 Å². The molecular weight excluding hydrogens is 385 g/mol. The minimum atomic E-state index is -0.564. The number of carbonyl (C=O) groups excluding carboxylic acids is 1. The second kappa shape index (κ2) is 7.85. The van der Waals surface area contributed by atoms with Gasteiger partial charge in [-0.1, -0.05) is 17.7 Å². The molecule has 1 aliphatic heterocycles. The number of urea groups is 1. The van der Waals surface area contributed by atoms with Gasteiger partial charge in [-0.15, -0.1) is 10.2 Å². The number of nitrogens with zero attached hydrogens (tertiary/aromatic N) is 4. The van der Waals surface area contributed by atoms with E-state index in [4.69, 9.17) is 16.0 Å². The summed E-state index contributed by atoms with van der Waals surface area (Å²) in [7, 11) is 0. The van der Waals surface area contributed by atoms with Crippen LogP contribution in [0.25, 0.3) is 11.5 Å². The fraction of sp³-hybridized carbons (Fsp3) is 0.211. The summed E-state index contributed by atoms with van der Waals surface area (Å²) in [6.07, 6.45) is 1.59. The zero-order valence-corrected chi connectivity index (χ0v) is 15.6. The van der Waals surface area contributed by atoms with Crippen molar-refractivity contribution in [3.05, 3.63) is 59.6 Å². The largest absolute Gasteiger partial charge is 0.463 e. The van der Waals surface area contributed by atoms with E-state index < -0.39 is 5.82 Å². The van der Waals surface area contributed by atoms with Crippen LogP contribution in [0.3, 0.4) is 0 Å². The molecule has 0 saturated carbocycles. The van der Waals surface area contributed by atoms with Crippen LogP contribution in [0.15, 0.2) is 53.1 Å². The number of carbonyl (C=O) groups is 1. The standard InChI is InChI=1S/C19H17ClFN5O2/c20-13-3-1-4-14(21)18(13)22-19(27)26-10-8-25(9-11-26)17-7-6-15(23-24-17)16-5-2-12-28-16/h1-7,12H,8-11H2,(H,22,27). The number of anilines is 2. The summed E-state index contributed by atoms with van der Waals surface area (Å²) in [6.45, 7) is 2.12. The van der Waals surface area contributed by atoms with Gasteiger partial charge in [-0.05, 0) is 36.4 Å². The van der Waals surface area contributed by atoms with Crippen LogP contribution in [-0.4, -0.2) is 47.3 Å². The first kappa shape index (κ1) is 18.2. The molecule has 0 spiro atoms. The highest BCUT2D eigenvalue weighted by Gasteiger charge is 2.23. The Kier molecular flexibility index (Phi) is 5.12. The monoisotopic (exact) mass is 401 g/mol. The Hall–Kier alpha value is -3.13. The Morgan fingerprint density at radius 3 is 2.54 bits per heavy atom. The van der Waals surface area contributed by atoms with Crippen LogP contribution in [0.5, 0.6) is 0 Å². The third-order valence-electron chi connectivity index (χ3n) is 4.51. The molecule has 1 saturated heterocycles. The number of piperazine rings is 1. The number of amides is 2. The predicted octanol–water partition coefficient (Wildman–Crippen LogP) is 3.88. The van der Waals surface area contributed by atoms with Gasteiger partial charge in [0.1, 0.15) is 11.5 Å². The topological polar surface area (TPSA) is 74.5 Å². The van der Waals surface area contributed by atoms with Gasteiger partial charge in [0.25, 0.3) is 0 Å². The molecule has 0 unspecified atom stereocenters. The van der Waals surface area contributed by atoms with E-state index in [0.717, 1.165) is 5.82 Å². The van der Waals surface area contributed by atoms with Crippen LogP contribution >= 0.6 is 11.6 Å². The predicted molar refractivity (Wildman–Crippen MR) is 104 cm³/mol. The third kappa shape index (κ3) is 3.77. The summed E-state index contributed by atoms with van der Waals surface area (Å²) in [4.78, 5) is 16.1. The lowest BCUT2D eigenvalue weighted by atomic mass is 10.3. The van der Waals surface area contributed by atoms with Gasteiger partial charge in [-0.2, -0.15) is 0 Å². The summed E-state index contributed by atoms with van der Waals surface area (Å²) in [5.41, 5.74) is 0.657. The van der Waals surface area contributed by atoms with Gasteiger partial charge in [0.2, 0.25) is 0 Å². The second-order valence-corrected chi connectivity index (χ2v) is 6.66. The molecule has 1 N–H and O–H groups in total. The van der Waals surface area contributed by atoms with E-state index in [2.05, 4.69) is 15.5 Å². The molecule has 1 aliphatic rings. The summed E-state index contributed by atoms with van der Waals surface area (Å²) in [5, 5.41) is 11.2. The van der Waals surface area contributed by atoms with Crippen molar-refractivity contribution < 1.29 is 13.6 Å². The molecule has 28 heavy (non-hydrogen) atoms. The van der Waals surface area contributed by atoms with Crippen LogP contribution in [0.1, 0.15) is 0 Å². The SMILES string of the molecule is O=C(Nc1c(F)cccc1Cl)N1CCN(c2ccc(-c3ccco3)nn2)CC1. The fourth-order valence-electron chi connectivity index (χ4n) is 2.99.